The van der Waals surface area contributed by atoms with E-state index in [4.69, 9.17) is 0 Å². The number of rotatable bonds is 4. The first-order valence-corrected chi connectivity index (χ1v) is 10.3. The van der Waals surface area contributed by atoms with E-state index in [1.54, 1.807) is 13.8 Å². The van der Waals surface area contributed by atoms with E-state index in [2.05, 4.69) is 5.32 Å². The molecule has 0 aromatic heterocycles. The molecule has 0 unspecified atom stereocenters. The van der Waals surface area contributed by atoms with Crippen molar-refractivity contribution in [2.24, 2.45) is 0 Å². The van der Waals surface area contributed by atoms with Gasteiger partial charge in [-0.05, 0) is 49.9 Å². The average Bonchev–Trinajstić information content (AvgIpc) is 2.75. The number of hydrogen-bond acceptors (Lipinski definition) is 4. The van der Waals surface area contributed by atoms with Crippen molar-refractivity contribution in [1.82, 2.24) is 5.32 Å². The Labute approximate surface area is 148 Å². The molecule has 138 valence electrons. The van der Waals surface area contributed by atoms with Crippen molar-refractivity contribution in [3.05, 3.63) is 28.8 Å². The van der Waals surface area contributed by atoms with Gasteiger partial charge >= 0.3 is 5.97 Å². The number of nitrogens with one attached hydrogen (secondary N) is 1. The van der Waals surface area contributed by atoms with E-state index >= 15 is 0 Å². The number of aryl methyl sites for hydroxylation is 1. The molecule has 1 aromatic rings. The predicted octanol–water partition coefficient (Wildman–Crippen LogP) is 2.61. The van der Waals surface area contributed by atoms with E-state index in [9.17, 15) is 23.1 Å². The lowest BCUT2D eigenvalue weighted by Crippen LogP contribution is -2.54. The Morgan fingerprint density at radius 3 is 2.12 bits per heavy atom. The smallest absolute Gasteiger partial charge is 0.329 e. The molecular weight excluding hydrogens is 342 g/mol. The molecule has 25 heavy (non-hydrogen) atoms. The van der Waals surface area contributed by atoms with Crippen LogP contribution >= 0.6 is 0 Å². The summed E-state index contributed by atoms with van der Waals surface area (Å²) < 4.78 is 23.7. The third-order valence-corrected chi connectivity index (χ3v) is 6.12. The van der Waals surface area contributed by atoms with Crippen molar-refractivity contribution in [3.63, 3.8) is 0 Å². The highest BCUT2D eigenvalue weighted by Gasteiger charge is 2.40. The van der Waals surface area contributed by atoms with Gasteiger partial charge in [0.2, 0.25) is 0 Å². The fourth-order valence-corrected chi connectivity index (χ4v) is 4.01. The molecular formula is C18H25NO5S. The Hall–Kier alpha value is -1.89. The summed E-state index contributed by atoms with van der Waals surface area (Å²) >= 11 is 0. The highest BCUT2D eigenvalue weighted by Crippen LogP contribution is 2.29. The van der Waals surface area contributed by atoms with E-state index in [0.717, 1.165) is 31.9 Å². The molecule has 1 amide bonds. The standard InChI is InChI=1S/C18H25NO5S/c1-12-10-14(25(3,23)24)11-15(13(12)2)16(20)19-18(17(21)22)8-6-4-5-7-9-18/h10-11H,4-9H2,1-3H3,(H,19,20)(H,21,22). The Bertz CT molecular complexity index is 790. The average molecular weight is 367 g/mol. The fraction of sp³-hybridized carbons (Fsp3) is 0.556. The Morgan fingerprint density at radius 1 is 1.08 bits per heavy atom. The van der Waals surface area contributed by atoms with E-state index in [-0.39, 0.29) is 10.5 Å². The second-order valence-corrected chi connectivity index (χ2v) is 8.96. The third kappa shape index (κ3) is 4.21. The third-order valence-electron chi connectivity index (χ3n) is 5.03. The second kappa shape index (κ2) is 7.15. The summed E-state index contributed by atoms with van der Waals surface area (Å²) in [4.78, 5) is 24.7. The minimum Gasteiger partial charge on any atom is -0.480 e. The van der Waals surface area contributed by atoms with Crippen LogP contribution in [0.2, 0.25) is 0 Å². The minimum absolute atomic E-state index is 0.0611. The van der Waals surface area contributed by atoms with Crippen LogP contribution in [0.1, 0.15) is 60.0 Å². The molecule has 1 saturated carbocycles. The monoisotopic (exact) mass is 367 g/mol. The normalized spacial score (nSPS) is 17.6. The number of amides is 1. The quantitative estimate of drug-likeness (QED) is 0.797. The summed E-state index contributed by atoms with van der Waals surface area (Å²) in [5, 5.41) is 12.4. The second-order valence-electron chi connectivity index (χ2n) is 6.94. The van der Waals surface area contributed by atoms with Crippen LogP contribution in [-0.2, 0) is 14.6 Å². The van der Waals surface area contributed by atoms with Gasteiger partial charge in [-0.1, -0.05) is 25.7 Å². The van der Waals surface area contributed by atoms with Crippen molar-refractivity contribution >= 4 is 21.7 Å². The minimum atomic E-state index is -3.46. The Balaban J connectivity index is 2.42. The first kappa shape index (κ1) is 19.4. The number of sulfone groups is 1. The van der Waals surface area contributed by atoms with Gasteiger partial charge in [-0.3, -0.25) is 4.79 Å². The molecule has 2 rings (SSSR count). The summed E-state index contributed by atoms with van der Waals surface area (Å²) in [5.74, 6) is -1.56. The van der Waals surface area contributed by atoms with E-state index in [1.165, 1.54) is 12.1 Å². The Morgan fingerprint density at radius 2 is 1.64 bits per heavy atom. The van der Waals surface area contributed by atoms with Gasteiger partial charge in [0.15, 0.2) is 9.84 Å². The van der Waals surface area contributed by atoms with Gasteiger partial charge in [0.1, 0.15) is 5.54 Å². The van der Waals surface area contributed by atoms with Crippen molar-refractivity contribution in [2.75, 3.05) is 6.26 Å². The number of hydrogen-bond donors (Lipinski definition) is 2. The van der Waals surface area contributed by atoms with E-state index in [1.807, 2.05) is 0 Å². The molecule has 7 heteroatoms. The molecule has 1 aromatic carbocycles. The number of carbonyl (C=O) groups excluding carboxylic acids is 1. The van der Waals surface area contributed by atoms with Crippen LogP contribution < -0.4 is 5.32 Å². The number of carboxylic acid groups (broad SMARTS) is 1. The Kier molecular flexibility index (Phi) is 5.56. The van der Waals surface area contributed by atoms with Gasteiger partial charge in [0, 0.05) is 11.8 Å². The van der Waals surface area contributed by atoms with Gasteiger partial charge < -0.3 is 10.4 Å². The van der Waals surface area contributed by atoms with Gasteiger partial charge in [0.25, 0.3) is 5.91 Å². The van der Waals surface area contributed by atoms with Crippen molar-refractivity contribution in [3.8, 4) is 0 Å². The van der Waals surface area contributed by atoms with Gasteiger partial charge in [-0.25, -0.2) is 13.2 Å². The summed E-state index contributed by atoms with van der Waals surface area (Å²) in [7, 11) is -3.46. The van der Waals surface area contributed by atoms with E-state index < -0.39 is 27.3 Å². The van der Waals surface area contributed by atoms with Gasteiger partial charge in [0.05, 0.1) is 4.90 Å². The molecule has 0 aliphatic heterocycles. The van der Waals surface area contributed by atoms with Crippen LogP contribution in [-0.4, -0.2) is 37.2 Å². The number of benzene rings is 1. The number of aliphatic carboxylic acids is 1. The molecule has 0 spiro atoms. The lowest BCUT2D eigenvalue weighted by molar-refractivity contribution is -0.145. The molecule has 6 nitrogen and oxygen atoms in total. The fourth-order valence-electron chi connectivity index (χ4n) is 3.29. The van der Waals surface area contributed by atoms with Gasteiger partial charge in [-0.2, -0.15) is 0 Å². The molecule has 0 radical (unpaired) electrons. The molecule has 1 aliphatic rings. The van der Waals surface area contributed by atoms with Crippen LogP contribution in [0.3, 0.4) is 0 Å². The topological polar surface area (TPSA) is 101 Å². The predicted molar refractivity (Wildman–Crippen MR) is 94.6 cm³/mol. The van der Waals surface area contributed by atoms with Crippen molar-refractivity contribution in [2.45, 2.75) is 62.8 Å². The molecule has 2 N–H and O–H groups in total. The summed E-state index contributed by atoms with van der Waals surface area (Å²) in [5.41, 5.74) is 0.261. The SMILES string of the molecule is Cc1cc(S(C)(=O)=O)cc(C(=O)NC2(C(=O)O)CCCCCC2)c1C. The highest BCUT2D eigenvalue weighted by atomic mass is 32.2. The number of carboxylic acids is 1. The summed E-state index contributed by atoms with van der Waals surface area (Å²) in [6.45, 7) is 3.47. The highest BCUT2D eigenvalue weighted by molar-refractivity contribution is 7.90. The van der Waals surface area contributed by atoms with Crippen LogP contribution in [0.4, 0.5) is 0 Å². The largest absolute Gasteiger partial charge is 0.480 e. The molecule has 0 atom stereocenters. The van der Waals surface area contributed by atoms with Crippen molar-refractivity contribution < 1.29 is 23.1 Å². The first-order chi connectivity index (χ1) is 11.6. The molecule has 0 heterocycles. The van der Waals surface area contributed by atoms with Crippen LogP contribution in [0.5, 0.6) is 0 Å². The lowest BCUT2D eigenvalue weighted by Gasteiger charge is -2.29. The van der Waals surface area contributed by atoms with Crippen LogP contribution in [0.15, 0.2) is 17.0 Å². The molecule has 1 aliphatic carbocycles. The molecule has 0 saturated heterocycles. The number of carbonyl (C=O) groups is 2. The van der Waals surface area contributed by atoms with Gasteiger partial charge in [-0.15, -0.1) is 0 Å². The van der Waals surface area contributed by atoms with E-state index in [0.29, 0.717) is 24.0 Å². The maximum atomic E-state index is 12.8. The zero-order chi connectivity index (χ0) is 18.8. The summed E-state index contributed by atoms with van der Waals surface area (Å²) in [6.07, 6.45) is 5.25. The lowest BCUT2D eigenvalue weighted by atomic mass is 9.89. The first-order valence-electron chi connectivity index (χ1n) is 8.44. The molecule has 0 bridgehead atoms. The van der Waals surface area contributed by atoms with Crippen molar-refractivity contribution in [1.29, 1.82) is 0 Å². The van der Waals surface area contributed by atoms with Crippen LogP contribution in [0.25, 0.3) is 0 Å². The zero-order valence-corrected chi connectivity index (χ0v) is 15.7. The van der Waals surface area contributed by atoms with Crippen LogP contribution in [0, 0.1) is 13.8 Å². The maximum Gasteiger partial charge on any atom is 0.329 e. The zero-order valence-electron chi connectivity index (χ0n) is 14.9. The maximum absolute atomic E-state index is 12.8. The molecule has 1 fully saturated rings. The summed E-state index contributed by atoms with van der Waals surface area (Å²) in [6, 6.07) is 2.86.